The fraction of sp³-hybridized carbons (Fsp3) is 0.483. The van der Waals surface area contributed by atoms with Crippen molar-refractivity contribution >= 4 is 39.1 Å². The molecule has 9 nitrogen and oxygen atoms in total. The molecule has 2 aromatic carbocycles. The van der Waals surface area contributed by atoms with Crippen molar-refractivity contribution in [2.24, 2.45) is 17.8 Å². The van der Waals surface area contributed by atoms with E-state index in [0.717, 1.165) is 18.5 Å². The molecule has 2 unspecified atom stereocenters. The van der Waals surface area contributed by atoms with Crippen LogP contribution in [0.1, 0.15) is 39.0 Å². The molecule has 3 amide bonds. The first-order chi connectivity index (χ1) is 18.7. The number of nitrogens with one attached hydrogen (secondary N) is 1. The Kier molecular flexibility index (Phi) is 8.04. The molecule has 0 saturated carbocycles. The van der Waals surface area contributed by atoms with E-state index in [9.17, 15) is 22.8 Å². The summed E-state index contributed by atoms with van der Waals surface area (Å²) in [5.41, 5.74) is 1.36. The number of carbonyl (C=O) groups is 3. The summed E-state index contributed by atoms with van der Waals surface area (Å²) in [5, 5.41) is 2.90. The lowest BCUT2D eigenvalue weighted by Gasteiger charge is -2.33. The first kappa shape index (κ1) is 27.3. The average molecular weight is 553 g/mol. The number of amides is 3. The maximum Gasteiger partial charge on any atom is 0.243 e. The third-order valence-electron chi connectivity index (χ3n) is 8.10. The maximum absolute atomic E-state index is 13.1. The van der Waals surface area contributed by atoms with Crippen LogP contribution in [0.25, 0.3) is 0 Å². The third-order valence-corrected chi connectivity index (χ3v) is 9.98. The van der Waals surface area contributed by atoms with E-state index in [1.165, 1.54) is 0 Å². The molecule has 0 aromatic heterocycles. The first-order valence-corrected chi connectivity index (χ1v) is 15.2. The molecular weight excluding hydrogens is 516 g/mol. The largest absolute Gasteiger partial charge is 0.342 e. The molecule has 3 saturated heterocycles. The van der Waals surface area contributed by atoms with Crippen LogP contribution in [0.15, 0.2) is 59.5 Å². The van der Waals surface area contributed by atoms with E-state index in [2.05, 4.69) is 12.2 Å². The Morgan fingerprint density at radius 2 is 1.56 bits per heavy atom. The van der Waals surface area contributed by atoms with E-state index in [1.807, 2.05) is 30.3 Å². The smallest absolute Gasteiger partial charge is 0.243 e. The van der Waals surface area contributed by atoms with E-state index >= 15 is 0 Å². The standard InChI is InChI=1S/C29H36N4O5S/c1-21-6-5-15-32(19-21)39(37,38)26-11-9-24(10-12-26)30-28(35)22-13-16-31(17-14-22)29(36)23-18-27(34)33(20-23)25-7-3-2-4-8-25/h2-4,7-12,21-23H,5-6,13-20H2,1H3,(H,30,35). The Hall–Kier alpha value is -3.24. The summed E-state index contributed by atoms with van der Waals surface area (Å²) in [6.45, 7) is 4.45. The lowest BCUT2D eigenvalue weighted by atomic mass is 9.94. The van der Waals surface area contributed by atoms with E-state index in [0.29, 0.717) is 57.2 Å². The summed E-state index contributed by atoms with van der Waals surface area (Å²) in [4.78, 5) is 42.3. The Bertz CT molecular complexity index is 1310. The fourth-order valence-corrected chi connectivity index (χ4v) is 7.42. The number of para-hydroxylation sites is 1. The van der Waals surface area contributed by atoms with Gasteiger partial charge in [0.15, 0.2) is 0 Å². The van der Waals surface area contributed by atoms with Crippen LogP contribution in [0.4, 0.5) is 11.4 Å². The second kappa shape index (κ2) is 11.5. The van der Waals surface area contributed by atoms with Crippen LogP contribution in [-0.4, -0.2) is 68.1 Å². The zero-order valence-electron chi connectivity index (χ0n) is 22.3. The number of carbonyl (C=O) groups excluding carboxylic acids is 3. The van der Waals surface area contributed by atoms with Gasteiger partial charge in [0.05, 0.1) is 10.8 Å². The lowest BCUT2D eigenvalue weighted by Crippen LogP contribution is -2.44. The zero-order chi connectivity index (χ0) is 27.6. The van der Waals surface area contributed by atoms with Gasteiger partial charge in [-0.25, -0.2) is 8.42 Å². The SMILES string of the molecule is CC1CCCN(S(=O)(=O)c2ccc(NC(=O)C3CCN(C(=O)C4CC(=O)N(c5ccccc5)C4)CC3)cc2)C1. The molecule has 0 radical (unpaired) electrons. The predicted molar refractivity (Wildman–Crippen MR) is 148 cm³/mol. The molecular formula is C29H36N4O5S. The van der Waals surface area contributed by atoms with Crippen molar-refractivity contribution in [2.45, 2.75) is 43.9 Å². The predicted octanol–water partition coefficient (Wildman–Crippen LogP) is 3.34. The van der Waals surface area contributed by atoms with Gasteiger partial charge in [-0.2, -0.15) is 4.31 Å². The Labute approximate surface area is 230 Å². The van der Waals surface area contributed by atoms with Crippen LogP contribution < -0.4 is 10.2 Å². The highest BCUT2D eigenvalue weighted by Crippen LogP contribution is 2.29. The molecule has 3 heterocycles. The second-order valence-corrected chi connectivity index (χ2v) is 12.9. The molecule has 1 N–H and O–H groups in total. The highest BCUT2D eigenvalue weighted by molar-refractivity contribution is 7.89. The number of rotatable bonds is 6. The summed E-state index contributed by atoms with van der Waals surface area (Å²) in [5.74, 6) is -0.463. The number of benzene rings is 2. The van der Waals surface area contributed by atoms with Gasteiger partial charge in [0.2, 0.25) is 27.7 Å². The fourth-order valence-electron chi connectivity index (χ4n) is 5.82. The molecule has 39 heavy (non-hydrogen) atoms. The van der Waals surface area contributed by atoms with Crippen LogP contribution in [0.3, 0.4) is 0 Å². The van der Waals surface area contributed by atoms with Crippen LogP contribution >= 0.6 is 0 Å². The van der Waals surface area contributed by atoms with Gasteiger partial charge >= 0.3 is 0 Å². The van der Waals surface area contributed by atoms with Gasteiger partial charge in [-0.1, -0.05) is 25.1 Å². The van der Waals surface area contributed by atoms with Crippen molar-refractivity contribution in [2.75, 3.05) is 42.9 Å². The van der Waals surface area contributed by atoms with Crippen LogP contribution in [0.5, 0.6) is 0 Å². The first-order valence-electron chi connectivity index (χ1n) is 13.8. The zero-order valence-corrected chi connectivity index (χ0v) is 23.1. The molecule has 0 spiro atoms. The van der Waals surface area contributed by atoms with Crippen LogP contribution in [-0.2, 0) is 24.4 Å². The number of hydrogen-bond acceptors (Lipinski definition) is 5. The molecule has 208 valence electrons. The Morgan fingerprint density at radius 1 is 0.872 bits per heavy atom. The summed E-state index contributed by atoms with van der Waals surface area (Å²) < 4.78 is 27.5. The van der Waals surface area contributed by atoms with Crippen molar-refractivity contribution in [3.05, 3.63) is 54.6 Å². The van der Waals surface area contributed by atoms with Gasteiger partial charge in [0.25, 0.3) is 0 Å². The van der Waals surface area contributed by atoms with E-state index < -0.39 is 10.0 Å². The number of sulfonamides is 1. The quantitative estimate of drug-likeness (QED) is 0.592. The topological polar surface area (TPSA) is 107 Å². The second-order valence-electron chi connectivity index (χ2n) is 11.0. The van der Waals surface area contributed by atoms with E-state index in [-0.39, 0.29) is 40.9 Å². The summed E-state index contributed by atoms with van der Waals surface area (Å²) >= 11 is 0. The Balaban J connectivity index is 1.12. The minimum atomic E-state index is -3.55. The van der Waals surface area contributed by atoms with Crippen molar-refractivity contribution in [1.82, 2.24) is 9.21 Å². The van der Waals surface area contributed by atoms with Gasteiger partial charge < -0.3 is 15.1 Å². The number of nitrogens with zero attached hydrogens (tertiary/aromatic N) is 3. The number of hydrogen-bond donors (Lipinski definition) is 1. The molecule has 3 aliphatic heterocycles. The minimum absolute atomic E-state index is 0.0273. The van der Waals surface area contributed by atoms with Crippen molar-refractivity contribution in [3.63, 3.8) is 0 Å². The lowest BCUT2D eigenvalue weighted by molar-refractivity contribution is -0.138. The van der Waals surface area contributed by atoms with E-state index in [1.54, 1.807) is 38.4 Å². The molecule has 3 aliphatic rings. The minimum Gasteiger partial charge on any atom is -0.342 e. The summed E-state index contributed by atoms with van der Waals surface area (Å²) in [6.07, 6.45) is 3.19. The molecule has 2 atom stereocenters. The summed E-state index contributed by atoms with van der Waals surface area (Å²) in [6, 6.07) is 15.7. The monoisotopic (exact) mass is 552 g/mol. The normalized spacial score (nSPS) is 23.2. The molecule has 3 fully saturated rings. The highest BCUT2D eigenvalue weighted by atomic mass is 32.2. The maximum atomic E-state index is 13.1. The van der Waals surface area contributed by atoms with Crippen LogP contribution in [0, 0.1) is 17.8 Å². The highest BCUT2D eigenvalue weighted by Gasteiger charge is 2.38. The van der Waals surface area contributed by atoms with Gasteiger partial charge in [0, 0.05) is 56.4 Å². The van der Waals surface area contributed by atoms with Crippen molar-refractivity contribution in [1.29, 1.82) is 0 Å². The number of anilines is 2. The van der Waals surface area contributed by atoms with Crippen molar-refractivity contribution in [3.8, 4) is 0 Å². The molecule has 2 aromatic rings. The van der Waals surface area contributed by atoms with Gasteiger partial charge in [-0.05, 0) is 68.0 Å². The van der Waals surface area contributed by atoms with Crippen molar-refractivity contribution < 1.29 is 22.8 Å². The number of likely N-dealkylation sites (tertiary alicyclic amines) is 1. The molecule has 0 aliphatic carbocycles. The molecule has 5 rings (SSSR count). The molecule has 0 bridgehead atoms. The summed E-state index contributed by atoms with van der Waals surface area (Å²) in [7, 11) is -3.55. The van der Waals surface area contributed by atoms with Gasteiger partial charge in [-0.3, -0.25) is 14.4 Å². The Morgan fingerprint density at radius 3 is 2.23 bits per heavy atom. The molecule has 10 heteroatoms. The van der Waals surface area contributed by atoms with Gasteiger partial charge in [-0.15, -0.1) is 0 Å². The van der Waals surface area contributed by atoms with Gasteiger partial charge in [0.1, 0.15) is 0 Å². The average Bonchev–Trinajstić information content (AvgIpc) is 3.35. The third kappa shape index (κ3) is 6.01. The van der Waals surface area contributed by atoms with E-state index in [4.69, 9.17) is 0 Å². The number of piperidine rings is 2. The van der Waals surface area contributed by atoms with Crippen LogP contribution in [0.2, 0.25) is 0 Å².